The number of H-pyrrole nitrogens is 1. The summed E-state index contributed by atoms with van der Waals surface area (Å²) in [5.41, 5.74) is 0.822. The van der Waals surface area contributed by atoms with Gasteiger partial charge in [0.25, 0.3) is 0 Å². The summed E-state index contributed by atoms with van der Waals surface area (Å²) < 4.78 is 26.2. The summed E-state index contributed by atoms with van der Waals surface area (Å²) in [4.78, 5) is 0. The molecule has 1 atom stereocenters. The number of aromatic nitrogens is 2. The predicted octanol–water partition coefficient (Wildman–Crippen LogP) is 0.217. The minimum atomic E-state index is -3.27. The predicted molar refractivity (Wildman–Crippen MR) is 67.0 cm³/mol. The fourth-order valence-electron chi connectivity index (χ4n) is 1.29. The van der Waals surface area contributed by atoms with Crippen molar-refractivity contribution in [1.82, 2.24) is 20.2 Å². The van der Waals surface area contributed by atoms with Gasteiger partial charge in [0, 0.05) is 24.8 Å². The molecule has 6 nitrogen and oxygen atoms in total. The number of aromatic amines is 1. The Morgan fingerprint density at radius 1 is 1.53 bits per heavy atom. The van der Waals surface area contributed by atoms with Gasteiger partial charge in [0.2, 0.25) is 10.0 Å². The summed E-state index contributed by atoms with van der Waals surface area (Å²) in [7, 11) is -3.27. The van der Waals surface area contributed by atoms with Crippen LogP contribution in [0.3, 0.4) is 0 Å². The van der Waals surface area contributed by atoms with Gasteiger partial charge in [0.1, 0.15) is 0 Å². The van der Waals surface area contributed by atoms with Gasteiger partial charge in [-0.25, -0.2) is 13.1 Å². The molecule has 1 rings (SSSR count). The second-order valence-corrected chi connectivity index (χ2v) is 6.17. The van der Waals surface area contributed by atoms with Crippen LogP contribution in [0.5, 0.6) is 0 Å². The first-order chi connectivity index (χ1) is 8.06. The average molecular weight is 260 g/mol. The zero-order valence-electron chi connectivity index (χ0n) is 10.2. The summed E-state index contributed by atoms with van der Waals surface area (Å²) in [6.45, 7) is 5.32. The van der Waals surface area contributed by atoms with Gasteiger partial charge in [-0.2, -0.15) is 5.10 Å². The molecule has 0 aliphatic heterocycles. The standard InChI is InChI=1S/C10H20N4O2S/c1-3-4-11-5-9(2)17(15,16)14-8-10-6-12-13-7-10/h6-7,9,11,14H,3-5,8H2,1-2H3,(H,12,13). The van der Waals surface area contributed by atoms with Crippen molar-refractivity contribution in [2.45, 2.75) is 32.1 Å². The van der Waals surface area contributed by atoms with Gasteiger partial charge >= 0.3 is 0 Å². The van der Waals surface area contributed by atoms with E-state index in [-0.39, 0.29) is 6.54 Å². The minimum absolute atomic E-state index is 0.275. The molecule has 0 saturated carbocycles. The van der Waals surface area contributed by atoms with Gasteiger partial charge in [-0.15, -0.1) is 0 Å². The van der Waals surface area contributed by atoms with Crippen LogP contribution in [-0.2, 0) is 16.6 Å². The maximum Gasteiger partial charge on any atom is 0.215 e. The first-order valence-corrected chi connectivity index (χ1v) is 7.27. The number of rotatable bonds is 8. The Bertz CT molecular complexity index is 402. The fourth-order valence-corrected chi connectivity index (χ4v) is 2.28. The van der Waals surface area contributed by atoms with Crippen molar-refractivity contribution in [3.05, 3.63) is 18.0 Å². The van der Waals surface area contributed by atoms with Crippen molar-refractivity contribution >= 4 is 10.0 Å². The summed E-state index contributed by atoms with van der Waals surface area (Å²) in [6, 6.07) is 0. The highest BCUT2D eigenvalue weighted by atomic mass is 32.2. The average Bonchev–Trinajstić information content (AvgIpc) is 2.79. The van der Waals surface area contributed by atoms with Gasteiger partial charge in [0.05, 0.1) is 11.4 Å². The monoisotopic (exact) mass is 260 g/mol. The van der Waals surface area contributed by atoms with Gasteiger partial charge in [-0.05, 0) is 19.9 Å². The van der Waals surface area contributed by atoms with Gasteiger partial charge < -0.3 is 5.32 Å². The third-order valence-corrected chi connectivity index (χ3v) is 4.19. The molecule has 0 radical (unpaired) electrons. The van der Waals surface area contributed by atoms with Crippen molar-refractivity contribution in [1.29, 1.82) is 0 Å². The maximum atomic E-state index is 11.8. The van der Waals surface area contributed by atoms with Crippen LogP contribution in [0.4, 0.5) is 0 Å². The Balaban J connectivity index is 2.39. The van der Waals surface area contributed by atoms with E-state index >= 15 is 0 Å². The highest BCUT2D eigenvalue weighted by Gasteiger charge is 2.19. The van der Waals surface area contributed by atoms with Crippen LogP contribution >= 0.6 is 0 Å². The summed E-state index contributed by atoms with van der Waals surface area (Å²) in [6.07, 6.45) is 4.26. The van der Waals surface area contributed by atoms with Crippen molar-refractivity contribution in [2.24, 2.45) is 0 Å². The van der Waals surface area contributed by atoms with Crippen molar-refractivity contribution in [3.8, 4) is 0 Å². The van der Waals surface area contributed by atoms with E-state index in [1.807, 2.05) is 6.92 Å². The van der Waals surface area contributed by atoms with Crippen LogP contribution in [0.15, 0.2) is 12.4 Å². The highest BCUT2D eigenvalue weighted by molar-refractivity contribution is 7.90. The Labute approximate surface area is 102 Å². The van der Waals surface area contributed by atoms with E-state index in [0.29, 0.717) is 6.54 Å². The molecule has 0 fully saturated rings. The molecule has 0 bridgehead atoms. The molecule has 1 unspecified atom stereocenters. The van der Waals surface area contributed by atoms with E-state index in [1.54, 1.807) is 19.3 Å². The normalized spacial score (nSPS) is 13.8. The molecular formula is C10H20N4O2S. The smallest absolute Gasteiger partial charge is 0.215 e. The lowest BCUT2D eigenvalue weighted by atomic mass is 10.4. The molecule has 1 aromatic heterocycles. The second kappa shape index (κ2) is 6.73. The Morgan fingerprint density at radius 2 is 2.29 bits per heavy atom. The Kier molecular flexibility index (Phi) is 5.60. The summed E-state index contributed by atoms with van der Waals surface area (Å²) >= 11 is 0. The number of hydrogen-bond donors (Lipinski definition) is 3. The minimum Gasteiger partial charge on any atom is -0.315 e. The molecule has 3 N–H and O–H groups in total. The van der Waals surface area contributed by atoms with Crippen LogP contribution in [0.2, 0.25) is 0 Å². The van der Waals surface area contributed by atoms with E-state index in [1.165, 1.54) is 0 Å². The molecular weight excluding hydrogens is 240 g/mol. The quantitative estimate of drug-likeness (QED) is 0.583. The SMILES string of the molecule is CCCNCC(C)S(=O)(=O)NCc1cn[nH]c1. The largest absolute Gasteiger partial charge is 0.315 e. The highest BCUT2D eigenvalue weighted by Crippen LogP contribution is 2.00. The van der Waals surface area contributed by atoms with Crippen molar-refractivity contribution < 1.29 is 8.42 Å². The zero-order valence-corrected chi connectivity index (χ0v) is 11.0. The lowest BCUT2D eigenvalue weighted by molar-refractivity contribution is 0.557. The Hall–Kier alpha value is -0.920. The van der Waals surface area contributed by atoms with E-state index in [2.05, 4.69) is 20.2 Å². The second-order valence-electron chi connectivity index (χ2n) is 3.99. The molecule has 17 heavy (non-hydrogen) atoms. The van der Waals surface area contributed by atoms with Crippen LogP contribution in [0.25, 0.3) is 0 Å². The first-order valence-electron chi connectivity index (χ1n) is 5.73. The lowest BCUT2D eigenvalue weighted by Gasteiger charge is -2.14. The molecule has 0 saturated heterocycles. The number of hydrogen-bond acceptors (Lipinski definition) is 4. The molecule has 0 aromatic carbocycles. The molecule has 0 amide bonds. The topological polar surface area (TPSA) is 86.9 Å². The molecule has 0 aliphatic carbocycles. The van der Waals surface area contributed by atoms with Gasteiger partial charge in [-0.3, -0.25) is 5.10 Å². The van der Waals surface area contributed by atoms with Gasteiger partial charge in [0.15, 0.2) is 0 Å². The molecule has 0 aliphatic rings. The molecule has 1 aromatic rings. The molecule has 0 spiro atoms. The van der Waals surface area contributed by atoms with Gasteiger partial charge in [-0.1, -0.05) is 6.92 Å². The maximum absolute atomic E-state index is 11.8. The Morgan fingerprint density at radius 3 is 2.88 bits per heavy atom. The molecule has 98 valence electrons. The summed E-state index contributed by atoms with van der Waals surface area (Å²) in [5, 5.41) is 9.05. The number of nitrogens with zero attached hydrogens (tertiary/aromatic N) is 1. The van der Waals surface area contributed by atoms with Crippen LogP contribution < -0.4 is 10.0 Å². The molecule has 7 heteroatoms. The van der Waals surface area contributed by atoms with E-state index in [9.17, 15) is 8.42 Å². The number of sulfonamides is 1. The zero-order chi connectivity index (χ0) is 12.7. The van der Waals surface area contributed by atoms with E-state index < -0.39 is 15.3 Å². The third kappa shape index (κ3) is 4.84. The van der Waals surface area contributed by atoms with Crippen molar-refractivity contribution in [2.75, 3.05) is 13.1 Å². The number of nitrogens with one attached hydrogen (secondary N) is 3. The first kappa shape index (κ1) is 14.1. The van der Waals surface area contributed by atoms with E-state index in [0.717, 1.165) is 18.5 Å². The summed E-state index contributed by atoms with van der Waals surface area (Å²) in [5.74, 6) is 0. The third-order valence-electron chi connectivity index (χ3n) is 2.42. The van der Waals surface area contributed by atoms with Crippen LogP contribution in [-0.4, -0.2) is 37.0 Å². The molecule has 1 heterocycles. The van der Waals surface area contributed by atoms with Crippen LogP contribution in [0, 0.1) is 0 Å². The lowest BCUT2D eigenvalue weighted by Crippen LogP contribution is -2.38. The van der Waals surface area contributed by atoms with Crippen LogP contribution in [0.1, 0.15) is 25.8 Å². The fraction of sp³-hybridized carbons (Fsp3) is 0.700. The van der Waals surface area contributed by atoms with Crippen molar-refractivity contribution in [3.63, 3.8) is 0 Å². The van der Waals surface area contributed by atoms with E-state index in [4.69, 9.17) is 0 Å².